The number of piperidine rings is 1. The first-order valence-corrected chi connectivity index (χ1v) is 10.9. The quantitative estimate of drug-likeness (QED) is 0.654. The molecule has 1 saturated heterocycles. The zero-order valence-electron chi connectivity index (χ0n) is 16.3. The number of benzene rings is 1. The van der Waals surface area contributed by atoms with E-state index in [0.29, 0.717) is 30.9 Å². The third kappa shape index (κ3) is 3.77. The third-order valence-electron chi connectivity index (χ3n) is 5.19. The van der Waals surface area contributed by atoms with E-state index in [2.05, 4.69) is 20.4 Å². The number of H-pyrrole nitrogens is 1. The van der Waals surface area contributed by atoms with E-state index >= 15 is 0 Å². The molecular weight excluding hydrogens is 394 g/mol. The molecule has 0 bridgehead atoms. The molecule has 2 N–H and O–H groups in total. The number of aromatic nitrogens is 3. The maximum atomic E-state index is 13.0. The standard InChI is InChI=1S/C19H23N5O4S/c1-12-18(13(2)28-23-12)29(26,27)24-9-5-6-14(11-24)19(25)20-10-17-21-15-7-3-4-8-16(15)22-17/h3-4,7-8,14H,5-6,9-11H2,1-2H3,(H,20,25)(H,21,22). The van der Waals surface area contributed by atoms with E-state index in [0.717, 1.165) is 11.0 Å². The SMILES string of the molecule is Cc1noc(C)c1S(=O)(=O)N1CCCC(C(=O)NCc2nc3ccccc3[nH]2)C1. The molecule has 1 fully saturated rings. The van der Waals surface area contributed by atoms with Gasteiger partial charge in [-0.15, -0.1) is 0 Å². The van der Waals surface area contributed by atoms with Crippen molar-refractivity contribution in [3.8, 4) is 0 Å². The summed E-state index contributed by atoms with van der Waals surface area (Å²) >= 11 is 0. The first kappa shape index (κ1) is 19.6. The first-order valence-electron chi connectivity index (χ1n) is 9.50. The van der Waals surface area contributed by atoms with Gasteiger partial charge in [0.25, 0.3) is 0 Å². The van der Waals surface area contributed by atoms with Crippen LogP contribution in [0.2, 0.25) is 0 Å². The van der Waals surface area contributed by atoms with Gasteiger partial charge in [-0.2, -0.15) is 4.31 Å². The van der Waals surface area contributed by atoms with E-state index in [-0.39, 0.29) is 29.7 Å². The molecule has 10 heteroatoms. The number of imidazole rings is 1. The second-order valence-corrected chi connectivity index (χ2v) is 9.15. The third-order valence-corrected chi connectivity index (χ3v) is 7.30. The maximum Gasteiger partial charge on any atom is 0.248 e. The number of carbonyl (C=O) groups excluding carboxylic acids is 1. The lowest BCUT2D eigenvalue weighted by molar-refractivity contribution is -0.126. The Morgan fingerprint density at radius 3 is 2.86 bits per heavy atom. The van der Waals surface area contributed by atoms with Crippen molar-refractivity contribution < 1.29 is 17.7 Å². The topological polar surface area (TPSA) is 121 Å². The van der Waals surface area contributed by atoms with Gasteiger partial charge >= 0.3 is 0 Å². The Kier molecular flexibility index (Phi) is 5.13. The van der Waals surface area contributed by atoms with Crippen molar-refractivity contribution in [2.45, 2.75) is 38.1 Å². The van der Waals surface area contributed by atoms with Crippen LogP contribution in [0.1, 0.15) is 30.1 Å². The van der Waals surface area contributed by atoms with Gasteiger partial charge in [0.1, 0.15) is 16.4 Å². The van der Waals surface area contributed by atoms with E-state index in [9.17, 15) is 13.2 Å². The lowest BCUT2D eigenvalue weighted by Crippen LogP contribution is -2.45. The minimum Gasteiger partial charge on any atom is -0.360 e. The normalized spacial score (nSPS) is 18.2. The number of aryl methyl sites for hydroxylation is 2. The number of fused-ring (bicyclic) bond motifs is 1. The number of sulfonamides is 1. The lowest BCUT2D eigenvalue weighted by atomic mass is 9.99. The zero-order valence-corrected chi connectivity index (χ0v) is 17.1. The number of nitrogens with one attached hydrogen (secondary N) is 2. The molecule has 3 aromatic rings. The number of carbonyl (C=O) groups is 1. The van der Waals surface area contributed by atoms with Crippen molar-refractivity contribution >= 4 is 27.0 Å². The summed E-state index contributed by atoms with van der Waals surface area (Å²) in [5.74, 6) is 0.335. The van der Waals surface area contributed by atoms with Crippen molar-refractivity contribution in [2.24, 2.45) is 5.92 Å². The number of para-hydroxylation sites is 2. The summed E-state index contributed by atoms with van der Waals surface area (Å²) in [6.45, 7) is 3.96. The van der Waals surface area contributed by atoms with Gasteiger partial charge in [-0.25, -0.2) is 13.4 Å². The van der Waals surface area contributed by atoms with Gasteiger partial charge in [-0.05, 0) is 38.8 Å². The molecule has 2 aromatic heterocycles. The molecule has 1 amide bonds. The van der Waals surface area contributed by atoms with E-state index in [1.54, 1.807) is 13.8 Å². The molecule has 4 rings (SSSR count). The van der Waals surface area contributed by atoms with Crippen LogP contribution in [0.4, 0.5) is 0 Å². The highest BCUT2D eigenvalue weighted by Crippen LogP contribution is 2.27. The summed E-state index contributed by atoms with van der Waals surface area (Å²) in [7, 11) is -3.75. The van der Waals surface area contributed by atoms with Gasteiger partial charge in [-0.3, -0.25) is 4.79 Å². The van der Waals surface area contributed by atoms with Gasteiger partial charge in [-0.1, -0.05) is 17.3 Å². The van der Waals surface area contributed by atoms with Crippen molar-refractivity contribution in [3.63, 3.8) is 0 Å². The molecule has 1 unspecified atom stereocenters. The van der Waals surface area contributed by atoms with Crippen LogP contribution in [0.15, 0.2) is 33.7 Å². The predicted octanol–water partition coefficient (Wildman–Crippen LogP) is 1.88. The summed E-state index contributed by atoms with van der Waals surface area (Å²) in [5, 5.41) is 6.62. The second-order valence-electron chi connectivity index (χ2n) is 7.27. The summed E-state index contributed by atoms with van der Waals surface area (Å²) < 4.78 is 32.4. The molecule has 154 valence electrons. The van der Waals surface area contributed by atoms with E-state index in [4.69, 9.17) is 4.52 Å². The fourth-order valence-corrected chi connectivity index (χ4v) is 5.57. The highest BCUT2D eigenvalue weighted by molar-refractivity contribution is 7.89. The van der Waals surface area contributed by atoms with Crippen LogP contribution in [0.25, 0.3) is 11.0 Å². The summed E-state index contributed by atoms with van der Waals surface area (Å²) in [4.78, 5) is 20.4. The zero-order chi connectivity index (χ0) is 20.6. The molecule has 0 saturated carbocycles. The van der Waals surface area contributed by atoms with Crippen LogP contribution in [0.5, 0.6) is 0 Å². The number of nitrogens with zero attached hydrogens (tertiary/aromatic N) is 3. The van der Waals surface area contributed by atoms with Crippen LogP contribution in [-0.4, -0.2) is 46.8 Å². The van der Waals surface area contributed by atoms with Gasteiger partial charge in [0.15, 0.2) is 5.76 Å². The Balaban J connectivity index is 1.43. The summed E-state index contributed by atoms with van der Waals surface area (Å²) in [5.41, 5.74) is 2.08. The molecule has 0 radical (unpaired) electrons. The molecule has 0 aliphatic carbocycles. The highest BCUT2D eigenvalue weighted by Gasteiger charge is 2.36. The van der Waals surface area contributed by atoms with Crippen LogP contribution in [0, 0.1) is 19.8 Å². The largest absolute Gasteiger partial charge is 0.360 e. The van der Waals surface area contributed by atoms with Gasteiger partial charge in [0, 0.05) is 13.1 Å². The van der Waals surface area contributed by atoms with Crippen LogP contribution < -0.4 is 5.32 Å². The molecular formula is C19H23N5O4S. The van der Waals surface area contributed by atoms with Crippen molar-refractivity contribution in [1.82, 2.24) is 24.7 Å². The van der Waals surface area contributed by atoms with Crippen molar-refractivity contribution in [1.29, 1.82) is 0 Å². The van der Waals surface area contributed by atoms with Crippen LogP contribution in [-0.2, 0) is 21.4 Å². The van der Waals surface area contributed by atoms with E-state index in [1.165, 1.54) is 4.31 Å². The molecule has 1 aliphatic heterocycles. The average Bonchev–Trinajstić information content (AvgIpc) is 3.28. The predicted molar refractivity (Wildman–Crippen MR) is 105 cm³/mol. The van der Waals surface area contributed by atoms with Gasteiger partial charge in [0.2, 0.25) is 15.9 Å². The average molecular weight is 417 g/mol. The molecule has 1 aliphatic rings. The lowest BCUT2D eigenvalue weighted by Gasteiger charge is -2.31. The molecule has 0 spiro atoms. The van der Waals surface area contributed by atoms with Crippen LogP contribution >= 0.6 is 0 Å². The Labute approximate surface area is 168 Å². The smallest absolute Gasteiger partial charge is 0.248 e. The van der Waals surface area contributed by atoms with Gasteiger partial charge < -0.3 is 14.8 Å². The molecule has 29 heavy (non-hydrogen) atoms. The Morgan fingerprint density at radius 1 is 1.34 bits per heavy atom. The Bertz CT molecular complexity index is 1100. The number of amides is 1. The molecule has 1 atom stereocenters. The fraction of sp³-hybridized carbons (Fsp3) is 0.421. The molecule has 3 heterocycles. The number of hydrogen-bond acceptors (Lipinski definition) is 6. The van der Waals surface area contributed by atoms with Crippen molar-refractivity contribution in [3.05, 3.63) is 41.5 Å². The Morgan fingerprint density at radius 2 is 2.14 bits per heavy atom. The monoisotopic (exact) mass is 417 g/mol. The number of hydrogen-bond donors (Lipinski definition) is 2. The maximum absolute atomic E-state index is 13.0. The second kappa shape index (κ2) is 7.60. The highest BCUT2D eigenvalue weighted by atomic mass is 32.2. The van der Waals surface area contributed by atoms with Crippen molar-refractivity contribution in [2.75, 3.05) is 13.1 Å². The minimum atomic E-state index is -3.75. The molecule has 9 nitrogen and oxygen atoms in total. The van der Waals surface area contributed by atoms with Gasteiger partial charge in [0.05, 0.1) is 23.5 Å². The molecule has 1 aromatic carbocycles. The van der Waals surface area contributed by atoms with Crippen LogP contribution in [0.3, 0.4) is 0 Å². The fourth-order valence-electron chi connectivity index (χ4n) is 3.75. The van der Waals surface area contributed by atoms with E-state index < -0.39 is 15.9 Å². The van der Waals surface area contributed by atoms with E-state index in [1.807, 2.05) is 24.3 Å². The minimum absolute atomic E-state index is 0.0980. The summed E-state index contributed by atoms with van der Waals surface area (Å²) in [6, 6.07) is 7.64. The Hall–Kier alpha value is -2.72. The first-order chi connectivity index (χ1) is 13.9. The number of rotatable bonds is 5. The summed E-state index contributed by atoms with van der Waals surface area (Å²) in [6.07, 6.45) is 1.25. The number of aromatic amines is 1.